The molecule has 0 fully saturated rings. The highest BCUT2D eigenvalue weighted by atomic mass is 79.9. The van der Waals surface area contributed by atoms with Crippen LogP contribution in [-0.2, 0) is 9.53 Å². The Balaban J connectivity index is 3.31. The maximum Gasteiger partial charge on any atom is 0.305 e. The molecule has 0 saturated heterocycles. The predicted octanol–water partition coefficient (Wildman–Crippen LogP) is 2.67. The third-order valence-electron chi connectivity index (χ3n) is 1.55. The lowest BCUT2D eigenvalue weighted by molar-refractivity contribution is -0.140. The number of allylic oxidation sites excluding steroid dienone is 2. The maximum atomic E-state index is 10.7. The van der Waals surface area contributed by atoms with Crippen LogP contribution in [0, 0.1) is 11.8 Å². The molecule has 0 heterocycles. The molecule has 0 bridgehead atoms. The van der Waals surface area contributed by atoms with E-state index in [1.54, 1.807) is 0 Å². The lowest BCUT2D eigenvalue weighted by atomic mass is 10.2. The van der Waals surface area contributed by atoms with E-state index in [-0.39, 0.29) is 5.97 Å². The van der Waals surface area contributed by atoms with Crippen LogP contribution in [0.3, 0.4) is 0 Å². The molecule has 0 aliphatic rings. The SMILES string of the molecule is COC(=O)CCCCC#CC=CCBr. The van der Waals surface area contributed by atoms with Gasteiger partial charge in [-0.15, -0.1) is 0 Å². The lowest BCUT2D eigenvalue weighted by Gasteiger charge is -1.95. The summed E-state index contributed by atoms with van der Waals surface area (Å²) in [4.78, 5) is 10.7. The van der Waals surface area contributed by atoms with Gasteiger partial charge >= 0.3 is 5.97 Å². The first-order valence-corrected chi connectivity index (χ1v) is 5.69. The first-order valence-electron chi connectivity index (χ1n) is 4.57. The van der Waals surface area contributed by atoms with Gasteiger partial charge in [-0.3, -0.25) is 4.79 Å². The van der Waals surface area contributed by atoms with Crippen molar-refractivity contribution in [3.63, 3.8) is 0 Å². The summed E-state index contributed by atoms with van der Waals surface area (Å²) in [7, 11) is 1.41. The van der Waals surface area contributed by atoms with Gasteiger partial charge in [0.2, 0.25) is 0 Å². The minimum absolute atomic E-state index is 0.142. The first kappa shape index (κ1) is 13.2. The zero-order valence-corrected chi connectivity index (χ0v) is 9.97. The number of halogens is 1. The molecule has 2 nitrogen and oxygen atoms in total. The largest absolute Gasteiger partial charge is 0.469 e. The van der Waals surface area contributed by atoms with Crippen molar-refractivity contribution in [3.05, 3.63) is 12.2 Å². The molecule has 78 valence electrons. The van der Waals surface area contributed by atoms with Crippen molar-refractivity contribution in [2.24, 2.45) is 0 Å². The van der Waals surface area contributed by atoms with Crippen LogP contribution in [-0.4, -0.2) is 18.4 Å². The Morgan fingerprint density at radius 3 is 2.93 bits per heavy atom. The first-order chi connectivity index (χ1) is 6.81. The van der Waals surface area contributed by atoms with Gasteiger partial charge in [0, 0.05) is 18.2 Å². The minimum Gasteiger partial charge on any atom is -0.469 e. The van der Waals surface area contributed by atoms with E-state index in [0.29, 0.717) is 6.42 Å². The van der Waals surface area contributed by atoms with Crippen LogP contribution in [0.25, 0.3) is 0 Å². The summed E-state index contributed by atoms with van der Waals surface area (Å²) in [5.74, 6) is 5.77. The van der Waals surface area contributed by atoms with Crippen molar-refractivity contribution in [2.75, 3.05) is 12.4 Å². The van der Waals surface area contributed by atoms with Gasteiger partial charge in [-0.1, -0.05) is 33.8 Å². The molecule has 0 spiro atoms. The molecule has 3 heteroatoms. The molecule has 0 aromatic rings. The number of methoxy groups -OCH3 is 1. The predicted molar refractivity (Wildman–Crippen MR) is 61.2 cm³/mol. The van der Waals surface area contributed by atoms with Crippen molar-refractivity contribution >= 4 is 21.9 Å². The Bertz CT molecular complexity index is 235. The van der Waals surface area contributed by atoms with E-state index in [4.69, 9.17) is 0 Å². The zero-order valence-electron chi connectivity index (χ0n) is 8.38. The van der Waals surface area contributed by atoms with Gasteiger partial charge in [-0.2, -0.15) is 0 Å². The van der Waals surface area contributed by atoms with Crippen molar-refractivity contribution < 1.29 is 9.53 Å². The average molecular weight is 259 g/mol. The molecule has 0 aromatic carbocycles. The quantitative estimate of drug-likeness (QED) is 0.328. The van der Waals surface area contributed by atoms with E-state index in [0.717, 1.165) is 24.6 Å². The Labute approximate surface area is 93.8 Å². The topological polar surface area (TPSA) is 26.3 Å². The number of carbonyl (C=O) groups is 1. The summed E-state index contributed by atoms with van der Waals surface area (Å²) in [5, 5.41) is 0.837. The van der Waals surface area contributed by atoms with E-state index in [9.17, 15) is 4.79 Å². The Morgan fingerprint density at radius 1 is 1.50 bits per heavy atom. The number of unbranched alkanes of at least 4 members (excludes halogenated alkanes) is 2. The fourth-order valence-electron chi connectivity index (χ4n) is 0.819. The Morgan fingerprint density at radius 2 is 2.29 bits per heavy atom. The number of hydrogen-bond acceptors (Lipinski definition) is 2. The fraction of sp³-hybridized carbons (Fsp3) is 0.545. The smallest absolute Gasteiger partial charge is 0.305 e. The van der Waals surface area contributed by atoms with Crippen LogP contribution < -0.4 is 0 Å². The normalized spacial score (nSPS) is 9.57. The van der Waals surface area contributed by atoms with Gasteiger partial charge in [0.05, 0.1) is 7.11 Å². The summed E-state index contributed by atoms with van der Waals surface area (Å²) >= 11 is 3.26. The third-order valence-corrected chi connectivity index (χ3v) is 1.93. The van der Waals surface area contributed by atoms with Crippen molar-refractivity contribution in [3.8, 4) is 11.8 Å². The molecule has 0 unspecified atom stereocenters. The van der Waals surface area contributed by atoms with Gasteiger partial charge in [-0.05, 0) is 18.9 Å². The molecule has 0 radical (unpaired) electrons. The van der Waals surface area contributed by atoms with E-state index in [1.165, 1.54) is 7.11 Å². The van der Waals surface area contributed by atoms with E-state index >= 15 is 0 Å². The molecular formula is C11H15BrO2. The molecular weight excluding hydrogens is 244 g/mol. The minimum atomic E-state index is -0.142. The molecule has 0 N–H and O–H groups in total. The lowest BCUT2D eigenvalue weighted by Crippen LogP contribution is -1.98. The van der Waals surface area contributed by atoms with E-state index in [1.807, 2.05) is 12.2 Å². The van der Waals surface area contributed by atoms with Gasteiger partial charge in [0.15, 0.2) is 0 Å². The number of rotatable bonds is 5. The highest BCUT2D eigenvalue weighted by molar-refractivity contribution is 9.09. The summed E-state index contributed by atoms with van der Waals surface area (Å²) < 4.78 is 4.52. The number of ether oxygens (including phenoxy) is 1. The second kappa shape index (κ2) is 10.3. The molecule has 0 amide bonds. The number of carbonyl (C=O) groups excluding carboxylic acids is 1. The summed E-state index contributed by atoms with van der Waals surface area (Å²) in [6.07, 6.45) is 6.91. The standard InChI is InChI=1S/C11H15BrO2/c1-14-11(13)9-7-5-3-2-4-6-8-10-12/h6,8H,3,5,7,9-10H2,1H3. The van der Waals surface area contributed by atoms with Gasteiger partial charge < -0.3 is 4.74 Å². The van der Waals surface area contributed by atoms with Crippen LogP contribution >= 0.6 is 15.9 Å². The number of alkyl halides is 1. The van der Waals surface area contributed by atoms with Gasteiger partial charge in [-0.25, -0.2) is 0 Å². The Kier molecular flexibility index (Phi) is 9.78. The molecule has 0 aliphatic heterocycles. The highest BCUT2D eigenvalue weighted by Gasteiger charge is 1.97. The monoisotopic (exact) mass is 258 g/mol. The van der Waals surface area contributed by atoms with Gasteiger partial charge in [0.25, 0.3) is 0 Å². The summed E-state index contributed by atoms with van der Waals surface area (Å²) in [5.41, 5.74) is 0. The van der Waals surface area contributed by atoms with Crippen molar-refractivity contribution in [2.45, 2.75) is 25.7 Å². The molecule has 0 aliphatic carbocycles. The summed E-state index contributed by atoms with van der Waals surface area (Å²) in [6, 6.07) is 0. The summed E-state index contributed by atoms with van der Waals surface area (Å²) in [6.45, 7) is 0. The molecule has 14 heavy (non-hydrogen) atoms. The molecule has 0 rings (SSSR count). The fourth-order valence-corrected chi connectivity index (χ4v) is 1.01. The van der Waals surface area contributed by atoms with Crippen LogP contribution in [0.2, 0.25) is 0 Å². The van der Waals surface area contributed by atoms with Crippen LogP contribution in [0.1, 0.15) is 25.7 Å². The molecule has 0 aromatic heterocycles. The highest BCUT2D eigenvalue weighted by Crippen LogP contribution is 1.99. The average Bonchev–Trinajstić information content (AvgIpc) is 2.21. The van der Waals surface area contributed by atoms with Crippen LogP contribution in [0.15, 0.2) is 12.2 Å². The van der Waals surface area contributed by atoms with Crippen LogP contribution in [0.4, 0.5) is 0 Å². The maximum absolute atomic E-state index is 10.7. The Hall–Kier alpha value is -0.750. The second-order valence-electron chi connectivity index (χ2n) is 2.66. The second-order valence-corrected chi connectivity index (χ2v) is 3.31. The zero-order chi connectivity index (χ0) is 10.6. The number of esters is 1. The third kappa shape index (κ3) is 9.34. The van der Waals surface area contributed by atoms with Crippen LogP contribution in [0.5, 0.6) is 0 Å². The van der Waals surface area contributed by atoms with E-state index in [2.05, 4.69) is 32.5 Å². The number of hydrogen-bond donors (Lipinski definition) is 0. The molecule has 0 saturated carbocycles. The van der Waals surface area contributed by atoms with E-state index < -0.39 is 0 Å². The van der Waals surface area contributed by atoms with Gasteiger partial charge in [0.1, 0.15) is 0 Å². The van der Waals surface area contributed by atoms with Crippen molar-refractivity contribution in [1.82, 2.24) is 0 Å². The van der Waals surface area contributed by atoms with Crippen molar-refractivity contribution in [1.29, 1.82) is 0 Å². The molecule has 0 atom stereocenters.